The van der Waals surface area contributed by atoms with Crippen LogP contribution in [0.1, 0.15) is 17.4 Å². The summed E-state index contributed by atoms with van der Waals surface area (Å²) in [5.41, 5.74) is -0.203. The Kier molecular flexibility index (Phi) is 3.69. The molecule has 1 atom stereocenters. The Hall–Kier alpha value is -1.07. The Bertz CT molecular complexity index is 403. The highest BCUT2D eigenvalue weighted by Crippen LogP contribution is 2.27. The van der Waals surface area contributed by atoms with Crippen molar-refractivity contribution in [3.63, 3.8) is 0 Å². The SMILES string of the molecule is Cc1c(F)ccc(C(F)N2CCNCC2)c1F. The number of benzene rings is 1. The van der Waals surface area contributed by atoms with Crippen LogP contribution >= 0.6 is 0 Å². The molecule has 0 radical (unpaired) electrons. The smallest absolute Gasteiger partial charge is 0.182 e. The Morgan fingerprint density at radius 3 is 2.53 bits per heavy atom. The first kappa shape index (κ1) is 12.4. The lowest BCUT2D eigenvalue weighted by molar-refractivity contribution is 0.0668. The minimum absolute atomic E-state index is 0.0780. The number of hydrogen-bond donors (Lipinski definition) is 1. The van der Waals surface area contributed by atoms with Crippen molar-refractivity contribution in [1.29, 1.82) is 0 Å². The Labute approximate surface area is 98.4 Å². The summed E-state index contributed by atoms with van der Waals surface area (Å²) in [6.45, 7) is 3.73. The summed E-state index contributed by atoms with van der Waals surface area (Å²) in [6, 6.07) is 2.30. The van der Waals surface area contributed by atoms with Gasteiger partial charge in [0.05, 0.1) is 0 Å². The summed E-state index contributed by atoms with van der Waals surface area (Å²) in [5, 5.41) is 3.09. The van der Waals surface area contributed by atoms with E-state index >= 15 is 0 Å². The zero-order chi connectivity index (χ0) is 12.4. The minimum atomic E-state index is -1.50. The Morgan fingerprint density at radius 2 is 1.88 bits per heavy atom. The molecule has 0 aromatic heterocycles. The quantitative estimate of drug-likeness (QED) is 0.802. The Balaban J connectivity index is 2.24. The summed E-state index contributed by atoms with van der Waals surface area (Å²) < 4.78 is 41.0. The zero-order valence-electron chi connectivity index (χ0n) is 9.64. The van der Waals surface area contributed by atoms with Gasteiger partial charge in [-0.2, -0.15) is 0 Å². The normalized spacial score (nSPS) is 19.3. The van der Waals surface area contributed by atoms with E-state index in [1.54, 1.807) is 4.90 Å². The summed E-state index contributed by atoms with van der Waals surface area (Å²) >= 11 is 0. The van der Waals surface area contributed by atoms with Crippen LogP contribution in [0.5, 0.6) is 0 Å². The van der Waals surface area contributed by atoms with Crippen LogP contribution in [0.3, 0.4) is 0 Å². The third-order valence-corrected chi connectivity index (χ3v) is 3.08. The van der Waals surface area contributed by atoms with Gasteiger partial charge in [0, 0.05) is 37.3 Å². The van der Waals surface area contributed by atoms with Crippen molar-refractivity contribution >= 4 is 0 Å². The molecule has 94 valence electrons. The van der Waals surface area contributed by atoms with Crippen LogP contribution in [0, 0.1) is 18.6 Å². The highest BCUT2D eigenvalue weighted by Gasteiger charge is 2.25. The van der Waals surface area contributed by atoms with Gasteiger partial charge >= 0.3 is 0 Å². The molecule has 0 saturated carbocycles. The molecule has 1 unspecified atom stereocenters. The number of nitrogens with zero attached hydrogens (tertiary/aromatic N) is 1. The number of nitrogens with one attached hydrogen (secondary N) is 1. The monoisotopic (exact) mass is 244 g/mol. The first-order valence-electron chi connectivity index (χ1n) is 5.64. The number of halogens is 3. The van der Waals surface area contributed by atoms with Crippen molar-refractivity contribution < 1.29 is 13.2 Å². The number of alkyl halides is 1. The zero-order valence-corrected chi connectivity index (χ0v) is 9.64. The van der Waals surface area contributed by atoms with E-state index < -0.39 is 17.9 Å². The lowest BCUT2D eigenvalue weighted by Crippen LogP contribution is -2.44. The molecule has 1 fully saturated rings. The van der Waals surface area contributed by atoms with Gasteiger partial charge in [0.2, 0.25) is 0 Å². The predicted octanol–water partition coefficient (Wildman–Crippen LogP) is 2.15. The van der Waals surface area contributed by atoms with Gasteiger partial charge in [-0.1, -0.05) is 0 Å². The molecule has 1 aromatic carbocycles. The fraction of sp³-hybridized carbons (Fsp3) is 0.500. The van der Waals surface area contributed by atoms with E-state index in [0.29, 0.717) is 26.2 Å². The lowest BCUT2D eigenvalue weighted by Gasteiger charge is -2.30. The standard InChI is InChI=1S/C12H15F3N2/c1-8-10(13)3-2-9(11(8)14)12(15)17-6-4-16-5-7-17/h2-3,12,16H,4-7H2,1H3. The molecule has 2 rings (SSSR count). The molecular formula is C12H15F3N2. The largest absolute Gasteiger partial charge is 0.314 e. The van der Waals surface area contributed by atoms with Gasteiger partial charge < -0.3 is 5.32 Å². The van der Waals surface area contributed by atoms with Crippen molar-refractivity contribution in [2.24, 2.45) is 0 Å². The highest BCUT2D eigenvalue weighted by molar-refractivity contribution is 5.28. The fourth-order valence-corrected chi connectivity index (χ4v) is 1.97. The molecule has 1 heterocycles. The molecule has 0 spiro atoms. The highest BCUT2D eigenvalue weighted by atomic mass is 19.1. The number of piperazine rings is 1. The van der Waals surface area contributed by atoms with Crippen molar-refractivity contribution in [3.05, 3.63) is 34.9 Å². The van der Waals surface area contributed by atoms with E-state index in [1.807, 2.05) is 0 Å². The number of rotatable bonds is 2. The van der Waals surface area contributed by atoms with Gasteiger partial charge in [0.1, 0.15) is 11.6 Å². The van der Waals surface area contributed by atoms with Crippen molar-refractivity contribution in [2.45, 2.75) is 13.2 Å². The average molecular weight is 244 g/mol. The fourth-order valence-electron chi connectivity index (χ4n) is 1.97. The maximum atomic E-state index is 14.1. The van der Waals surface area contributed by atoms with Gasteiger partial charge in [0.15, 0.2) is 6.30 Å². The van der Waals surface area contributed by atoms with Crippen LogP contribution in [-0.2, 0) is 0 Å². The molecule has 0 bridgehead atoms. The molecule has 0 aliphatic carbocycles. The minimum Gasteiger partial charge on any atom is -0.314 e. The van der Waals surface area contributed by atoms with E-state index in [9.17, 15) is 13.2 Å². The predicted molar refractivity (Wildman–Crippen MR) is 59.4 cm³/mol. The molecule has 17 heavy (non-hydrogen) atoms. The average Bonchev–Trinajstić information content (AvgIpc) is 2.36. The molecule has 1 saturated heterocycles. The second kappa shape index (κ2) is 5.06. The van der Waals surface area contributed by atoms with Gasteiger partial charge in [-0.15, -0.1) is 0 Å². The van der Waals surface area contributed by atoms with Gasteiger partial charge in [-0.05, 0) is 19.1 Å². The second-order valence-corrected chi connectivity index (χ2v) is 4.20. The van der Waals surface area contributed by atoms with Crippen LogP contribution in [-0.4, -0.2) is 31.1 Å². The first-order chi connectivity index (χ1) is 8.11. The maximum absolute atomic E-state index is 14.1. The molecule has 1 aliphatic rings. The van der Waals surface area contributed by atoms with Crippen molar-refractivity contribution in [1.82, 2.24) is 10.2 Å². The molecule has 2 nitrogen and oxygen atoms in total. The third kappa shape index (κ3) is 2.45. The molecule has 1 aromatic rings. The van der Waals surface area contributed by atoms with Crippen LogP contribution in [0.4, 0.5) is 13.2 Å². The van der Waals surface area contributed by atoms with Crippen LogP contribution in [0.15, 0.2) is 12.1 Å². The van der Waals surface area contributed by atoms with Gasteiger partial charge in [-0.3, -0.25) is 4.90 Å². The van der Waals surface area contributed by atoms with Crippen LogP contribution < -0.4 is 5.32 Å². The van der Waals surface area contributed by atoms with E-state index in [-0.39, 0.29) is 11.1 Å². The first-order valence-corrected chi connectivity index (χ1v) is 5.64. The summed E-state index contributed by atoms with van der Waals surface area (Å²) in [5.74, 6) is -1.42. The van der Waals surface area contributed by atoms with Crippen molar-refractivity contribution in [2.75, 3.05) is 26.2 Å². The lowest BCUT2D eigenvalue weighted by atomic mass is 10.1. The maximum Gasteiger partial charge on any atom is 0.182 e. The molecular weight excluding hydrogens is 229 g/mol. The molecule has 5 heteroatoms. The van der Waals surface area contributed by atoms with E-state index in [1.165, 1.54) is 13.0 Å². The topological polar surface area (TPSA) is 15.3 Å². The van der Waals surface area contributed by atoms with Crippen molar-refractivity contribution in [3.8, 4) is 0 Å². The van der Waals surface area contributed by atoms with Crippen LogP contribution in [0.2, 0.25) is 0 Å². The molecule has 0 amide bonds. The Morgan fingerprint density at radius 1 is 1.24 bits per heavy atom. The van der Waals surface area contributed by atoms with Gasteiger partial charge in [0.25, 0.3) is 0 Å². The summed E-state index contributed by atoms with van der Waals surface area (Å²) in [6.07, 6.45) is -1.50. The summed E-state index contributed by atoms with van der Waals surface area (Å²) in [7, 11) is 0. The summed E-state index contributed by atoms with van der Waals surface area (Å²) in [4.78, 5) is 1.55. The second-order valence-electron chi connectivity index (χ2n) is 4.20. The van der Waals surface area contributed by atoms with E-state index in [0.717, 1.165) is 6.07 Å². The third-order valence-electron chi connectivity index (χ3n) is 3.08. The molecule has 1 N–H and O–H groups in total. The van der Waals surface area contributed by atoms with Gasteiger partial charge in [-0.25, -0.2) is 13.2 Å². The van der Waals surface area contributed by atoms with E-state index in [2.05, 4.69) is 5.32 Å². The molecule has 1 aliphatic heterocycles. The van der Waals surface area contributed by atoms with Crippen LogP contribution in [0.25, 0.3) is 0 Å². The number of hydrogen-bond acceptors (Lipinski definition) is 2. The van der Waals surface area contributed by atoms with E-state index in [4.69, 9.17) is 0 Å².